The van der Waals surface area contributed by atoms with Gasteiger partial charge in [0.25, 0.3) is 5.91 Å². The fourth-order valence-corrected chi connectivity index (χ4v) is 2.71. The Bertz CT molecular complexity index is 472. The molecule has 0 aliphatic rings. The summed E-state index contributed by atoms with van der Waals surface area (Å²) in [5.41, 5.74) is 12.8. The molecule has 112 valence electrons. The van der Waals surface area contributed by atoms with Crippen molar-refractivity contribution in [3.8, 4) is 0 Å². The Hall–Kier alpha value is -1.42. The Morgan fingerprint density at radius 3 is 2.35 bits per heavy atom. The normalized spacial score (nSPS) is 10.8. The molecule has 1 aromatic rings. The SMILES string of the molecule is CCC(CC)CN(CC)c1c(Cl)cc(N)cc1C(N)=O. The van der Waals surface area contributed by atoms with Crippen molar-refractivity contribution in [1.29, 1.82) is 0 Å². The topological polar surface area (TPSA) is 72.3 Å². The third-order valence-electron chi connectivity index (χ3n) is 3.68. The third-order valence-corrected chi connectivity index (χ3v) is 3.97. The number of anilines is 2. The summed E-state index contributed by atoms with van der Waals surface area (Å²) < 4.78 is 0. The standard InChI is InChI=1S/C15H24ClN3O/c1-4-10(5-2)9-19(6-3)14-12(15(18)20)7-11(17)8-13(14)16/h7-8,10H,4-6,9,17H2,1-3H3,(H2,18,20). The largest absolute Gasteiger partial charge is 0.399 e. The Morgan fingerprint density at radius 1 is 1.30 bits per heavy atom. The van der Waals surface area contributed by atoms with Crippen molar-refractivity contribution in [2.75, 3.05) is 23.7 Å². The van der Waals surface area contributed by atoms with E-state index in [9.17, 15) is 4.79 Å². The van der Waals surface area contributed by atoms with Crippen LogP contribution >= 0.6 is 11.6 Å². The van der Waals surface area contributed by atoms with Gasteiger partial charge in [0.15, 0.2) is 0 Å². The van der Waals surface area contributed by atoms with E-state index in [2.05, 4.69) is 18.7 Å². The number of nitrogen functional groups attached to an aromatic ring is 1. The minimum atomic E-state index is -0.503. The number of carbonyl (C=O) groups is 1. The number of primary amides is 1. The smallest absolute Gasteiger partial charge is 0.250 e. The van der Waals surface area contributed by atoms with E-state index in [1.807, 2.05) is 6.92 Å². The van der Waals surface area contributed by atoms with Gasteiger partial charge in [-0.25, -0.2) is 0 Å². The maximum Gasteiger partial charge on any atom is 0.250 e. The lowest BCUT2D eigenvalue weighted by molar-refractivity contribution is 0.100. The highest BCUT2D eigenvalue weighted by atomic mass is 35.5. The molecular weight excluding hydrogens is 274 g/mol. The zero-order valence-electron chi connectivity index (χ0n) is 12.4. The third kappa shape index (κ3) is 3.79. The number of rotatable bonds is 7. The van der Waals surface area contributed by atoms with E-state index < -0.39 is 5.91 Å². The molecule has 20 heavy (non-hydrogen) atoms. The molecule has 0 aliphatic carbocycles. The summed E-state index contributed by atoms with van der Waals surface area (Å²) in [5, 5.41) is 0.478. The zero-order chi connectivity index (χ0) is 15.3. The number of nitrogens with zero attached hydrogens (tertiary/aromatic N) is 1. The Balaban J connectivity index is 3.23. The fourth-order valence-electron chi connectivity index (χ4n) is 2.37. The van der Waals surface area contributed by atoms with Crippen molar-refractivity contribution in [1.82, 2.24) is 0 Å². The van der Waals surface area contributed by atoms with Crippen LogP contribution in [0.2, 0.25) is 5.02 Å². The van der Waals surface area contributed by atoms with Crippen LogP contribution in [0.4, 0.5) is 11.4 Å². The maximum atomic E-state index is 11.7. The van der Waals surface area contributed by atoms with E-state index in [1.165, 1.54) is 0 Å². The van der Waals surface area contributed by atoms with Gasteiger partial charge in [0.1, 0.15) is 0 Å². The zero-order valence-corrected chi connectivity index (χ0v) is 13.2. The van der Waals surface area contributed by atoms with Crippen LogP contribution in [0.5, 0.6) is 0 Å². The van der Waals surface area contributed by atoms with Gasteiger partial charge in [0.05, 0.1) is 16.3 Å². The quantitative estimate of drug-likeness (QED) is 0.759. The molecule has 0 saturated carbocycles. The molecule has 0 heterocycles. The van der Waals surface area contributed by atoms with Gasteiger partial charge in [-0.1, -0.05) is 38.3 Å². The second-order valence-electron chi connectivity index (χ2n) is 4.98. The Kier molecular flexibility index (Phi) is 6.14. The highest BCUT2D eigenvalue weighted by Crippen LogP contribution is 2.33. The number of halogens is 1. The molecular formula is C15H24ClN3O. The maximum absolute atomic E-state index is 11.7. The molecule has 1 rings (SSSR count). The van der Waals surface area contributed by atoms with Gasteiger partial charge in [0.2, 0.25) is 0 Å². The van der Waals surface area contributed by atoms with E-state index in [0.717, 1.165) is 25.9 Å². The summed E-state index contributed by atoms with van der Waals surface area (Å²) in [7, 11) is 0. The minimum absolute atomic E-state index is 0.391. The van der Waals surface area contributed by atoms with Crippen molar-refractivity contribution in [3.05, 3.63) is 22.7 Å². The first kappa shape index (κ1) is 16.6. The molecule has 0 unspecified atom stereocenters. The minimum Gasteiger partial charge on any atom is -0.399 e. The Labute approximate surface area is 126 Å². The highest BCUT2D eigenvalue weighted by Gasteiger charge is 2.20. The molecule has 5 heteroatoms. The molecule has 1 aromatic carbocycles. The molecule has 0 saturated heterocycles. The first-order valence-electron chi connectivity index (χ1n) is 7.08. The summed E-state index contributed by atoms with van der Waals surface area (Å²) in [6, 6.07) is 3.26. The molecule has 1 amide bonds. The average molecular weight is 298 g/mol. The summed E-state index contributed by atoms with van der Waals surface area (Å²) in [6.07, 6.45) is 2.18. The van der Waals surface area contributed by atoms with Crippen LogP contribution in [0.3, 0.4) is 0 Å². The van der Waals surface area contributed by atoms with Crippen molar-refractivity contribution < 1.29 is 4.79 Å². The molecule has 4 N–H and O–H groups in total. The van der Waals surface area contributed by atoms with Gasteiger partial charge in [-0.05, 0) is 25.0 Å². The van der Waals surface area contributed by atoms with E-state index >= 15 is 0 Å². The van der Waals surface area contributed by atoms with Gasteiger partial charge < -0.3 is 16.4 Å². The number of hydrogen-bond acceptors (Lipinski definition) is 3. The van der Waals surface area contributed by atoms with Crippen LogP contribution in [-0.2, 0) is 0 Å². The van der Waals surface area contributed by atoms with Crippen LogP contribution in [0.15, 0.2) is 12.1 Å². The summed E-state index contributed by atoms with van der Waals surface area (Å²) in [6.45, 7) is 8.00. The highest BCUT2D eigenvalue weighted by molar-refractivity contribution is 6.34. The summed E-state index contributed by atoms with van der Waals surface area (Å²) in [5.74, 6) is 0.0569. The summed E-state index contributed by atoms with van der Waals surface area (Å²) in [4.78, 5) is 13.8. The van der Waals surface area contributed by atoms with E-state index in [-0.39, 0.29) is 0 Å². The van der Waals surface area contributed by atoms with Crippen LogP contribution in [0, 0.1) is 5.92 Å². The van der Waals surface area contributed by atoms with E-state index in [0.29, 0.717) is 27.9 Å². The van der Waals surface area contributed by atoms with Crippen LogP contribution in [0.1, 0.15) is 44.0 Å². The first-order valence-corrected chi connectivity index (χ1v) is 7.46. The molecule has 0 radical (unpaired) electrons. The van der Waals surface area contributed by atoms with Gasteiger partial charge in [0, 0.05) is 18.8 Å². The van der Waals surface area contributed by atoms with Gasteiger partial charge in [-0.3, -0.25) is 4.79 Å². The number of hydrogen-bond donors (Lipinski definition) is 2. The second kappa shape index (κ2) is 7.39. The number of amides is 1. The lowest BCUT2D eigenvalue weighted by atomic mass is 10.0. The number of benzene rings is 1. The van der Waals surface area contributed by atoms with E-state index in [4.69, 9.17) is 23.1 Å². The predicted molar refractivity (Wildman–Crippen MR) is 86.3 cm³/mol. The number of carbonyl (C=O) groups excluding carboxylic acids is 1. The van der Waals surface area contributed by atoms with Crippen molar-refractivity contribution >= 4 is 28.9 Å². The molecule has 0 spiro atoms. The van der Waals surface area contributed by atoms with Crippen LogP contribution in [-0.4, -0.2) is 19.0 Å². The van der Waals surface area contributed by atoms with Crippen molar-refractivity contribution in [2.24, 2.45) is 11.7 Å². The van der Waals surface area contributed by atoms with Crippen molar-refractivity contribution in [3.63, 3.8) is 0 Å². The van der Waals surface area contributed by atoms with Crippen molar-refractivity contribution in [2.45, 2.75) is 33.6 Å². The fraction of sp³-hybridized carbons (Fsp3) is 0.533. The van der Waals surface area contributed by atoms with Gasteiger partial charge in [-0.15, -0.1) is 0 Å². The predicted octanol–water partition coefficient (Wildman–Crippen LogP) is 3.28. The number of nitrogens with two attached hydrogens (primary N) is 2. The van der Waals surface area contributed by atoms with Gasteiger partial charge >= 0.3 is 0 Å². The van der Waals surface area contributed by atoms with Gasteiger partial charge in [-0.2, -0.15) is 0 Å². The first-order chi connectivity index (χ1) is 9.44. The lowest BCUT2D eigenvalue weighted by Gasteiger charge is -2.29. The lowest BCUT2D eigenvalue weighted by Crippen LogP contribution is -2.31. The summed E-state index contributed by atoms with van der Waals surface area (Å²) >= 11 is 6.29. The molecule has 0 fully saturated rings. The molecule has 0 aromatic heterocycles. The second-order valence-corrected chi connectivity index (χ2v) is 5.39. The van der Waals surface area contributed by atoms with Crippen LogP contribution in [0.25, 0.3) is 0 Å². The molecule has 0 atom stereocenters. The molecule has 0 aliphatic heterocycles. The monoisotopic (exact) mass is 297 g/mol. The average Bonchev–Trinajstić information content (AvgIpc) is 2.40. The molecule has 4 nitrogen and oxygen atoms in total. The van der Waals surface area contributed by atoms with E-state index in [1.54, 1.807) is 12.1 Å². The molecule has 0 bridgehead atoms. The Morgan fingerprint density at radius 2 is 1.90 bits per heavy atom. The van der Waals surface area contributed by atoms with Crippen LogP contribution < -0.4 is 16.4 Å².